The summed E-state index contributed by atoms with van der Waals surface area (Å²) in [6.07, 6.45) is 4.34. The van der Waals surface area contributed by atoms with Gasteiger partial charge in [-0.3, -0.25) is 4.98 Å². The number of aromatic nitrogens is 1. The van der Waals surface area contributed by atoms with Gasteiger partial charge in [0.05, 0.1) is 11.2 Å². The van der Waals surface area contributed by atoms with E-state index in [0.29, 0.717) is 0 Å². The Labute approximate surface area is 133 Å². The van der Waals surface area contributed by atoms with Crippen molar-refractivity contribution in [1.82, 2.24) is 9.88 Å². The summed E-state index contributed by atoms with van der Waals surface area (Å²) in [7, 11) is 2.19. The largest absolute Gasteiger partial charge is 0.398 e. The van der Waals surface area contributed by atoms with Crippen LogP contribution in [0.2, 0.25) is 0 Å². The Hall–Kier alpha value is -1.33. The average Bonchev–Trinajstić information content (AvgIpc) is 2.49. The number of nitrogen functional groups attached to an aromatic ring is 1. The predicted octanol–water partition coefficient (Wildman–Crippen LogP) is 3.33. The van der Waals surface area contributed by atoms with E-state index in [4.69, 9.17) is 5.73 Å². The van der Waals surface area contributed by atoms with E-state index in [9.17, 15) is 0 Å². The Kier molecular flexibility index (Phi) is 4.31. The summed E-state index contributed by atoms with van der Waals surface area (Å²) in [4.78, 5) is 6.92. The van der Waals surface area contributed by atoms with Crippen LogP contribution in [0.5, 0.6) is 0 Å². The number of nitrogens with zero attached hydrogens (tertiary/aromatic N) is 2. The van der Waals surface area contributed by atoms with E-state index in [1.54, 1.807) is 0 Å². The zero-order valence-electron chi connectivity index (χ0n) is 12.3. The van der Waals surface area contributed by atoms with E-state index < -0.39 is 0 Å². The van der Waals surface area contributed by atoms with Gasteiger partial charge in [0, 0.05) is 28.3 Å². The third-order valence-corrected chi connectivity index (χ3v) is 4.70. The predicted molar refractivity (Wildman–Crippen MR) is 92.6 cm³/mol. The molecule has 0 radical (unpaired) electrons. The Morgan fingerprint density at radius 1 is 1.38 bits per heavy atom. The van der Waals surface area contributed by atoms with Gasteiger partial charge in [-0.2, -0.15) is 0 Å². The summed E-state index contributed by atoms with van der Waals surface area (Å²) >= 11 is 3.46. The number of hydrogen-bond donors (Lipinski definition) is 2. The molecule has 1 aliphatic rings. The van der Waals surface area contributed by atoms with Crippen LogP contribution in [0.25, 0.3) is 10.9 Å². The van der Waals surface area contributed by atoms with Gasteiger partial charge in [-0.25, -0.2) is 0 Å². The van der Waals surface area contributed by atoms with Gasteiger partial charge in [-0.1, -0.05) is 0 Å². The molecule has 2 aromatic rings. The van der Waals surface area contributed by atoms with E-state index in [-0.39, 0.29) is 0 Å². The summed E-state index contributed by atoms with van der Waals surface area (Å²) in [6.45, 7) is 3.39. The van der Waals surface area contributed by atoms with Crippen LogP contribution in [0.4, 0.5) is 11.4 Å². The first-order valence-corrected chi connectivity index (χ1v) is 8.19. The Balaban J connectivity index is 1.76. The van der Waals surface area contributed by atoms with E-state index in [2.05, 4.69) is 38.2 Å². The number of likely N-dealkylation sites (tertiary alicyclic amines) is 1. The van der Waals surface area contributed by atoms with Gasteiger partial charge in [0.2, 0.25) is 0 Å². The van der Waals surface area contributed by atoms with Crippen LogP contribution in [0.15, 0.2) is 28.9 Å². The molecule has 0 saturated carbocycles. The highest BCUT2D eigenvalue weighted by atomic mass is 79.9. The standard InChI is InChI=1S/C16H21BrN4/c1-21-6-4-11(5-7-21)9-19-15-3-2-14(18)13-8-12(17)10-20-16(13)15/h2-3,8,10-11,19H,4-7,9,18H2,1H3. The second-order valence-electron chi connectivity index (χ2n) is 5.88. The normalized spacial score (nSPS) is 17.2. The van der Waals surface area contributed by atoms with Crippen LogP contribution < -0.4 is 11.1 Å². The number of benzene rings is 1. The van der Waals surface area contributed by atoms with E-state index in [0.717, 1.165) is 39.2 Å². The van der Waals surface area contributed by atoms with Crippen LogP contribution in [0.3, 0.4) is 0 Å². The molecule has 0 bridgehead atoms. The second-order valence-corrected chi connectivity index (χ2v) is 6.80. The van der Waals surface area contributed by atoms with Crippen molar-refractivity contribution in [1.29, 1.82) is 0 Å². The number of fused-ring (bicyclic) bond motifs is 1. The van der Waals surface area contributed by atoms with Crippen molar-refractivity contribution in [2.24, 2.45) is 5.92 Å². The summed E-state index contributed by atoms with van der Waals surface area (Å²) < 4.78 is 0.953. The lowest BCUT2D eigenvalue weighted by molar-refractivity contribution is 0.226. The molecule has 5 heteroatoms. The van der Waals surface area contributed by atoms with Crippen molar-refractivity contribution < 1.29 is 0 Å². The number of nitrogens with one attached hydrogen (secondary N) is 1. The zero-order chi connectivity index (χ0) is 14.8. The molecule has 1 aliphatic heterocycles. The van der Waals surface area contributed by atoms with Crippen LogP contribution in [0, 0.1) is 5.92 Å². The lowest BCUT2D eigenvalue weighted by Gasteiger charge is -2.29. The maximum absolute atomic E-state index is 6.05. The topological polar surface area (TPSA) is 54.2 Å². The molecule has 0 unspecified atom stereocenters. The molecule has 0 atom stereocenters. The quantitative estimate of drug-likeness (QED) is 0.835. The fourth-order valence-corrected chi connectivity index (χ4v) is 3.21. The highest BCUT2D eigenvalue weighted by Crippen LogP contribution is 2.29. The van der Waals surface area contributed by atoms with Crippen LogP contribution in [-0.2, 0) is 0 Å². The Morgan fingerprint density at radius 2 is 2.14 bits per heavy atom. The third-order valence-electron chi connectivity index (χ3n) is 4.27. The number of piperidine rings is 1. The molecule has 1 aromatic heterocycles. The van der Waals surface area contributed by atoms with Crippen molar-refractivity contribution >= 4 is 38.2 Å². The number of rotatable bonds is 3. The first kappa shape index (κ1) is 14.6. The highest BCUT2D eigenvalue weighted by Gasteiger charge is 2.16. The SMILES string of the molecule is CN1CCC(CNc2ccc(N)c3cc(Br)cnc23)CC1. The van der Waals surface area contributed by atoms with Gasteiger partial charge in [-0.05, 0) is 73.0 Å². The minimum atomic E-state index is 0.740. The van der Waals surface area contributed by atoms with Gasteiger partial charge in [0.1, 0.15) is 0 Å². The molecule has 1 aromatic carbocycles. The van der Waals surface area contributed by atoms with Gasteiger partial charge in [-0.15, -0.1) is 0 Å². The molecule has 112 valence electrons. The van der Waals surface area contributed by atoms with Gasteiger partial charge >= 0.3 is 0 Å². The van der Waals surface area contributed by atoms with Crippen LogP contribution in [-0.4, -0.2) is 36.6 Å². The molecule has 2 heterocycles. The summed E-state index contributed by atoms with van der Waals surface area (Å²) in [5.41, 5.74) is 8.85. The van der Waals surface area contributed by atoms with Crippen LogP contribution in [0.1, 0.15) is 12.8 Å². The first-order chi connectivity index (χ1) is 10.1. The molecule has 0 spiro atoms. The lowest BCUT2D eigenvalue weighted by atomic mass is 9.97. The maximum atomic E-state index is 6.05. The molecule has 3 rings (SSSR count). The Bertz CT molecular complexity index is 635. The molecular weight excluding hydrogens is 328 g/mol. The van der Waals surface area contributed by atoms with Crippen molar-refractivity contribution in [3.63, 3.8) is 0 Å². The van der Waals surface area contributed by atoms with Gasteiger partial charge in [0.15, 0.2) is 0 Å². The molecule has 3 N–H and O–H groups in total. The molecule has 21 heavy (non-hydrogen) atoms. The average molecular weight is 349 g/mol. The van der Waals surface area contributed by atoms with Crippen molar-refractivity contribution in [2.75, 3.05) is 37.7 Å². The van der Waals surface area contributed by atoms with Gasteiger partial charge < -0.3 is 16.0 Å². The highest BCUT2D eigenvalue weighted by molar-refractivity contribution is 9.10. The fraction of sp³-hybridized carbons (Fsp3) is 0.438. The number of pyridine rings is 1. The molecule has 0 amide bonds. The smallest absolute Gasteiger partial charge is 0.0954 e. The van der Waals surface area contributed by atoms with Crippen molar-refractivity contribution in [3.8, 4) is 0 Å². The Morgan fingerprint density at radius 3 is 2.90 bits per heavy atom. The minimum absolute atomic E-state index is 0.740. The summed E-state index contributed by atoms with van der Waals surface area (Å²) in [5, 5.41) is 4.56. The number of nitrogens with two attached hydrogens (primary N) is 1. The molecule has 1 fully saturated rings. The molecule has 1 saturated heterocycles. The number of halogens is 1. The van der Waals surface area contributed by atoms with Crippen molar-refractivity contribution in [3.05, 3.63) is 28.9 Å². The second kappa shape index (κ2) is 6.20. The van der Waals surface area contributed by atoms with Crippen LogP contribution >= 0.6 is 15.9 Å². The number of anilines is 2. The lowest BCUT2D eigenvalue weighted by Crippen LogP contribution is -2.32. The summed E-state index contributed by atoms with van der Waals surface area (Å²) in [6, 6.07) is 6.01. The van der Waals surface area contributed by atoms with Gasteiger partial charge in [0.25, 0.3) is 0 Å². The van der Waals surface area contributed by atoms with E-state index in [1.165, 1.54) is 25.9 Å². The van der Waals surface area contributed by atoms with Crippen molar-refractivity contribution in [2.45, 2.75) is 12.8 Å². The minimum Gasteiger partial charge on any atom is -0.398 e. The molecular formula is C16H21BrN4. The number of hydrogen-bond acceptors (Lipinski definition) is 4. The summed E-state index contributed by atoms with van der Waals surface area (Å²) in [5.74, 6) is 0.740. The molecule has 4 nitrogen and oxygen atoms in total. The maximum Gasteiger partial charge on any atom is 0.0954 e. The third kappa shape index (κ3) is 3.30. The fourth-order valence-electron chi connectivity index (χ4n) is 2.88. The van der Waals surface area contributed by atoms with E-state index in [1.807, 2.05) is 24.4 Å². The monoisotopic (exact) mass is 348 g/mol. The first-order valence-electron chi connectivity index (χ1n) is 7.39. The van der Waals surface area contributed by atoms with E-state index >= 15 is 0 Å². The zero-order valence-corrected chi connectivity index (χ0v) is 13.9. The molecule has 0 aliphatic carbocycles.